The Balaban J connectivity index is 1.22. The summed E-state index contributed by atoms with van der Waals surface area (Å²) in [5, 5.41) is 3.82. The molecule has 4 heterocycles. The number of carbonyl (C=O) groups is 2. The van der Waals surface area contributed by atoms with E-state index in [1.165, 1.54) is 17.0 Å². The fourth-order valence-electron chi connectivity index (χ4n) is 5.37. The van der Waals surface area contributed by atoms with Gasteiger partial charge in [-0.15, -0.1) is 0 Å². The first-order valence-electron chi connectivity index (χ1n) is 11.4. The van der Waals surface area contributed by atoms with Gasteiger partial charge in [0.15, 0.2) is 5.11 Å². The average Bonchev–Trinajstić information content (AvgIpc) is 3.48. The van der Waals surface area contributed by atoms with E-state index in [1.54, 1.807) is 0 Å². The van der Waals surface area contributed by atoms with E-state index in [0.29, 0.717) is 24.6 Å². The summed E-state index contributed by atoms with van der Waals surface area (Å²) in [5.74, 6) is -0.503. The Hall–Kier alpha value is -2.44. The third kappa shape index (κ3) is 4.11. The Kier molecular flexibility index (Phi) is 6.15. The van der Waals surface area contributed by atoms with E-state index in [1.807, 2.05) is 4.90 Å². The molecule has 0 saturated carbocycles. The SMILES string of the molecule is O=C1[C@H]2C3CC(CN3C(=S)NCCCN3CCOCC3)N2C(=O)N1c1cccc(C(F)(F)F)c1. The maximum absolute atomic E-state index is 13.2. The van der Waals surface area contributed by atoms with E-state index in [0.717, 1.165) is 56.3 Å². The van der Waals surface area contributed by atoms with Crippen molar-refractivity contribution in [2.24, 2.45) is 0 Å². The highest BCUT2D eigenvalue weighted by atomic mass is 32.1. The average molecular weight is 498 g/mol. The van der Waals surface area contributed by atoms with Crippen LogP contribution in [0.25, 0.3) is 0 Å². The first kappa shape index (κ1) is 23.3. The van der Waals surface area contributed by atoms with E-state index in [9.17, 15) is 22.8 Å². The van der Waals surface area contributed by atoms with Gasteiger partial charge < -0.3 is 19.9 Å². The monoisotopic (exact) mass is 497 g/mol. The van der Waals surface area contributed by atoms with E-state index in [4.69, 9.17) is 17.0 Å². The lowest BCUT2D eigenvalue weighted by Crippen LogP contribution is -2.57. The number of halogens is 3. The number of amides is 3. The third-order valence-corrected chi connectivity index (χ3v) is 7.37. The number of imide groups is 1. The molecular formula is C22H26F3N5O3S. The van der Waals surface area contributed by atoms with Crippen molar-refractivity contribution >= 4 is 35.0 Å². The van der Waals surface area contributed by atoms with Gasteiger partial charge in [0.25, 0.3) is 5.91 Å². The van der Waals surface area contributed by atoms with Crippen molar-refractivity contribution in [1.29, 1.82) is 0 Å². The number of carbonyl (C=O) groups excluding carboxylic acids is 2. The fraction of sp³-hybridized carbons (Fsp3) is 0.591. The highest BCUT2D eigenvalue weighted by Crippen LogP contribution is 2.43. The second kappa shape index (κ2) is 8.97. The van der Waals surface area contributed by atoms with Gasteiger partial charge in [0.05, 0.1) is 36.5 Å². The van der Waals surface area contributed by atoms with E-state index < -0.39 is 29.7 Å². The van der Waals surface area contributed by atoms with E-state index >= 15 is 0 Å². The van der Waals surface area contributed by atoms with Crippen LogP contribution in [0.1, 0.15) is 18.4 Å². The predicted molar refractivity (Wildman–Crippen MR) is 121 cm³/mol. The van der Waals surface area contributed by atoms with Gasteiger partial charge in [0.1, 0.15) is 6.04 Å². The van der Waals surface area contributed by atoms with Crippen LogP contribution in [0.15, 0.2) is 24.3 Å². The van der Waals surface area contributed by atoms with E-state index in [-0.39, 0.29) is 17.8 Å². The molecule has 1 aromatic carbocycles. The number of nitrogens with zero attached hydrogens (tertiary/aromatic N) is 4. The number of rotatable bonds is 5. The van der Waals surface area contributed by atoms with Crippen molar-refractivity contribution in [2.45, 2.75) is 37.1 Å². The number of hydrogen-bond acceptors (Lipinski definition) is 5. The second-order valence-electron chi connectivity index (χ2n) is 9.01. The number of hydrogen-bond donors (Lipinski definition) is 1. The van der Waals surface area contributed by atoms with Crippen molar-refractivity contribution in [2.75, 3.05) is 50.8 Å². The Morgan fingerprint density at radius 3 is 2.71 bits per heavy atom. The lowest BCUT2D eigenvalue weighted by molar-refractivity contribution is -0.137. The van der Waals surface area contributed by atoms with Gasteiger partial charge >= 0.3 is 12.2 Å². The van der Waals surface area contributed by atoms with Gasteiger partial charge in [-0.25, -0.2) is 9.69 Å². The van der Waals surface area contributed by atoms with Gasteiger partial charge in [-0.2, -0.15) is 13.2 Å². The topological polar surface area (TPSA) is 68.4 Å². The van der Waals surface area contributed by atoms with Crippen molar-refractivity contribution in [3.63, 3.8) is 0 Å². The molecule has 0 radical (unpaired) electrons. The molecule has 3 atom stereocenters. The second-order valence-corrected chi connectivity index (χ2v) is 9.39. The van der Waals surface area contributed by atoms with Gasteiger partial charge in [0.2, 0.25) is 0 Å². The van der Waals surface area contributed by atoms with Crippen molar-refractivity contribution < 1.29 is 27.5 Å². The van der Waals surface area contributed by atoms with Gasteiger partial charge in [-0.1, -0.05) is 6.07 Å². The number of morpholine rings is 1. The summed E-state index contributed by atoms with van der Waals surface area (Å²) in [5.41, 5.74) is -0.960. The molecule has 4 fully saturated rings. The van der Waals surface area contributed by atoms with Crippen molar-refractivity contribution in [3.05, 3.63) is 29.8 Å². The fourth-order valence-corrected chi connectivity index (χ4v) is 5.69. The zero-order chi connectivity index (χ0) is 24.0. The Morgan fingerprint density at radius 1 is 1.21 bits per heavy atom. The highest BCUT2D eigenvalue weighted by Gasteiger charge is 2.62. The molecular weight excluding hydrogens is 471 g/mol. The zero-order valence-corrected chi connectivity index (χ0v) is 19.3. The summed E-state index contributed by atoms with van der Waals surface area (Å²) in [6.45, 7) is 5.51. The minimum atomic E-state index is -4.56. The molecule has 2 unspecified atom stereocenters. The molecule has 0 aromatic heterocycles. The Bertz CT molecular complexity index is 987. The summed E-state index contributed by atoms with van der Waals surface area (Å²) in [7, 11) is 0. The number of likely N-dealkylation sites (tertiary alicyclic amines) is 1. The Morgan fingerprint density at radius 2 is 1.97 bits per heavy atom. The summed E-state index contributed by atoms with van der Waals surface area (Å²) in [6, 6.07) is 2.54. The number of benzene rings is 1. The standard InChI is InChI=1S/C22H26F3N5O3S/c23-22(24,25)14-3-1-4-15(11-14)30-19(31)18-17-12-16(29(18)21(30)32)13-28(17)20(34)26-5-2-6-27-7-9-33-10-8-27/h1,3-4,11,16-18H,2,5-10,12-13H2,(H,26,34)/t16?,17?,18-/m1/s1. The molecule has 3 amide bonds. The summed E-state index contributed by atoms with van der Waals surface area (Å²) < 4.78 is 44.8. The lowest BCUT2D eigenvalue weighted by atomic mass is 10.1. The molecule has 4 aliphatic heterocycles. The number of fused-ring (bicyclic) bond motifs is 5. The molecule has 4 saturated heterocycles. The molecule has 1 N–H and O–H groups in total. The van der Waals surface area contributed by atoms with Crippen LogP contribution in [0.4, 0.5) is 23.7 Å². The molecule has 2 bridgehead atoms. The van der Waals surface area contributed by atoms with Crippen LogP contribution in [0.2, 0.25) is 0 Å². The van der Waals surface area contributed by atoms with Crippen LogP contribution in [0.3, 0.4) is 0 Å². The smallest absolute Gasteiger partial charge is 0.379 e. The molecule has 12 heteroatoms. The van der Waals surface area contributed by atoms with Gasteiger partial charge in [0, 0.05) is 26.2 Å². The number of thiocarbonyl (C=S) groups is 1. The van der Waals surface area contributed by atoms with Crippen LogP contribution >= 0.6 is 12.2 Å². The Labute approximate surface area is 200 Å². The molecule has 1 aromatic rings. The zero-order valence-electron chi connectivity index (χ0n) is 18.5. The van der Waals surface area contributed by atoms with Crippen LogP contribution in [-0.2, 0) is 15.7 Å². The third-order valence-electron chi connectivity index (χ3n) is 6.99. The molecule has 5 rings (SSSR count). The van der Waals surface area contributed by atoms with Gasteiger partial charge in [-0.3, -0.25) is 9.69 Å². The van der Waals surface area contributed by atoms with Crippen molar-refractivity contribution in [1.82, 2.24) is 20.0 Å². The number of urea groups is 1. The van der Waals surface area contributed by atoms with Crippen LogP contribution in [0, 0.1) is 0 Å². The maximum atomic E-state index is 13.2. The van der Waals surface area contributed by atoms with Crippen LogP contribution < -0.4 is 10.2 Å². The molecule has 34 heavy (non-hydrogen) atoms. The number of anilines is 1. The lowest BCUT2D eigenvalue weighted by Gasteiger charge is -2.36. The molecule has 4 aliphatic rings. The number of nitrogens with one attached hydrogen (secondary N) is 1. The highest BCUT2D eigenvalue weighted by molar-refractivity contribution is 7.80. The largest absolute Gasteiger partial charge is 0.416 e. The summed E-state index contributed by atoms with van der Waals surface area (Å²) in [6.07, 6.45) is -3.03. The van der Waals surface area contributed by atoms with Gasteiger partial charge in [-0.05, 0) is 49.8 Å². The van der Waals surface area contributed by atoms with E-state index in [2.05, 4.69) is 10.2 Å². The normalized spacial score (nSPS) is 27.0. The van der Waals surface area contributed by atoms with Crippen LogP contribution in [-0.4, -0.2) is 95.8 Å². The minimum absolute atomic E-state index is 0.0611. The maximum Gasteiger partial charge on any atom is 0.416 e. The quantitative estimate of drug-likeness (QED) is 0.379. The van der Waals surface area contributed by atoms with Crippen molar-refractivity contribution in [3.8, 4) is 0 Å². The molecule has 0 spiro atoms. The minimum Gasteiger partial charge on any atom is -0.379 e. The summed E-state index contributed by atoms with van der Waals surface area (Å²) >= 11 is 5.58. The first-order valence-corrected chi connectivity index (χ1v) is 11.8. The number of ether oxygens (including phenoxy) is 1. The predicted octanol–water partition coefficient (Wildman–Crippen LogP) is 1.90. The van der Waals surface area contributed by atoms with Crippen LogP contribution in [0.5, 0.6) is 0 Å². The number of piperazine rings is 1. The first-order chi connectivity index (χ1) is 16.3. The summed E-state index contributed by atoms with van der Waals surface area (Å²) in [4.78, 5) is 33.0. The molecule has 184 valence electrons. The molecule has 8 nitrogen and oxygen atoms in total. The number of alkyl halides is 3. The molecule has 0 aliphatic carbocycles.